The highest BCUT2D eigenvalue weighted by Gasteiger charge is 2.38. The Hall–Kier alpha value is -1.84. The van der Waals surface area contributed by atoms with Crippen LogP contribution in [0.25, 0.3) is 5.52 Å². The van der Waals surface area contributed by atoms with Crippen molar-refractivity contribution in [2.24, 2.45) is 0 Å². The molecular weight excluding hydrogens is 403 g/mol. The molecule has 10 heteroatoms. The molecule has 0 unspecified atom stereocenters. The molecule has 1 atom stereocenters. The van der Waals surface area contributed by atoms with Gasteiger partial charge in [-0.05, 0) is 28.8 Å². The lowest BCUT2D eigenvalue weighted by Crippen LogP contribution is -2.39. The van der Waals surface area contributed by atoms with E-state index >= 15 is 0 Å². The Morgan fingerprint density at radius 2 is 2.20 bits per heavy atom. The summed E-state index contributed by atoms with van der Waals surface area (Å²) >= 11 is 3.19. The number of nitrogens with two attached hydrogens (primary N) is 1. The summed E-state index contributed by atoms with van der Waals surface area (Å²) in [5, 5.41) is 0. The fourth-order valence-corrected chi connectivity index (χ4v) is 3.80. The molecule has 25 heavy (non-hydrogen) atoms. The van der Waals surface area contributed by atoms with Gasteiger partial charge in [0.15, 0.2) is 5.82 Å². The zero-order valence-corrected chi connectivity index (χ0v) is 15.1. The molecule has 1 aliphatic rings. The van der Waals surface area contributed by atoms with Crippen molar-refractivity contribution in [2.45, 2.75) is 38.3 Å². The molecule has 1 saturated heterocycles. The number of amides is 1. The SMILES string of the molecule is CCC(=O)N1CCC[C@@H](c2nc(Br)c3c(N)ncc(C(F)(F)F)n23)C1. The summed E-state index contributed by atoms with van der Waals surface area (Å²) in [6, 6.07) is 0. The second kappa shape index (κ2) is 6.47. The fraction of sp³-hybridized carbons (Fsp3) is 0.533. The highest BCUT2D eigenvalue weighted by molar-refractivity contribution is 9.10. The summed E-state index contributed by atoms with van der Waals surface area (Å²) in [6.45, 7) is 2.72. The number of nitrogens with zero attached hydrogens (tertiary/aromatic N) is 4. The molecule has 1 amide bonds. The molecule has 2 aromatic heterocycles. The van der Waals surface area contributed by atoms with Gasteiger partial charge in [-0.1, -0.05) is 6.92 Å². The smallest absolute Gasteiger partial charge is 0.382 e. The fourth-order valence-electron chi connectivity index (χ4n) is 3.24. The van der Waals surface area contributed by atoms with Gasteiger partial charge in [-0.2, -0.15) is 13.2 Å². The number of piperidine rings is 1. The first-order valence-electron chi connectivity index (χ1n) is 7.91. The van der Waals surface area contributed by atoms with Crippen LogP contribution in [0.3, 0.4) is 0 Å². The van der Waals surface area contributed by atoms with Gasteiger partial charge in [-0.25, -0.2) is 9.97 Å². The zero-order valence-electron chi connectivity index (χ0n) is 13.5. The number of aromatic nitrogens is 3. The maximum Gasteiger partial charge on any atom is 0.433 e. The van der Waals surface area contributed by atoms with E-state index < -0.39 is 11.9 Å². The predicted molar refractivity (Wildman–Crippen MR) is 88.9 cm³/mol. The zero-order chi connectivity index (χ0) is 18.4. The number of anilines is 1. The average Bonchev–Trinajstić information content (AvgIpc) is 2.92. The average molecular weight is 420 g/mol. The molecule has 0 aliphatic carbocycles. The van der Waals surface area contributed by atoms with E-state index in [-0.39, 0.29) is 33.6 Å². The van der Waals surface area contributed by atoms with Crippen molar-refractivity contribution < 1.29 is 18.0 Å². The lowest BCUT2D eigenvalue weighted by atomic mass is 9.97. The van der Waals surface area contributed by atoms with Crippen LogP contribution in [-0.2, 0) is 11.0 Å². The molecule has 2 aromatic rings. The summed E-state index contributed by atoms with van der Waals surface area (Å²) in [7, 11) is 0. The first-order valence-corrected chi connectivity index (χ1v) is 8.70. The number of nitrogen functional groups attached to an aromatic ring is 1. The van der Waals surface area contributed by atoms with Crippen molar-refractivity contribution in [3.05, 3.63) is 22.3 Å². The quantitative estimate of drug-likeness (QED) is 0.810. The van der Waals surface area contributed by atoms with Gasteiger partial charge in [0.25, 0.3) is 0 Å². The van der Waals surface area contributed by atoms with E-state index in [1.54, 1.807) is 11.8 Å². The number of carbonyl (C=O) groups is 1. The minimum Gasteiger partial charge on any atom is -0.382 e. The van der Waals surface area contributed by atoms with E-state index in [1.807, 2.05) is 0 Å². The van der Waals surface area contributed by atoms with Crippen LogP contribution in [0.1, 0.15) is 43.6 Å². The Kier molecular flexibility index (Phi) is 4.65. The van der Waals surface area contributed by atoms with Crippen LogP contribution >= 0.6 is 15.9 Å². The minimum atomic E-state index is -4.60. The number of likely N-dealkylation sites (tertiary alicyclic amines) is 1. The van der Waals surface area contributed by atoms with Crippen molar-refractivity contribution >= 4 is 33.2 Å². The molecular formula is C15H17BrF3N5O. The molecule has 0 bridgehead atoms. The van der Waals surface area contributed by atoms with Crippen LogP contribution in [0.2, 0.25) is 0 Å². The lowest BCUT2D eigenvalue weighted by molar-refractivity contribution is -0.142. The number of rotatable bonds is 2. The third kappa shape index (κ3) is 3.19. The van der Waals surface area contributed by atoms with E-state index in [2.05, 4.69) is 25.9 Å². The van der Waals surface area contributed by atoms with E-state index in [1.165, 1.54) is 0 Å². The summed E-state index contributed by atoms with van der Waals surface area (Å²) in [4.78, 5) is 21.6. The van der Waals surface area contributed by atoms with Gasteiger partial charge >= 0.3 is 6.18 Å². The molecule has 0 aromatic carbocycles. The number of hydrogen-bond acceptors (Lipinski definition) is 4. The maximum atomic E-state index is 13.5. The van der Waals surface area contributed by atoms with E-state index in [9.17, 15) is 18.0 Å². The molecule has 0 spiro atoms. The van der Waals surface area contributed by atoms with Crippen LogP contribution in [0.4, 0.5) is 19.0 Å². The molecule has 0 radical (unpaired) electrons. The van der Waals surface area contributed by atoms with E-state index in [0.717, 1.165) is 10.6 Å². The predicted octanol–water partition coefficient (Wildman–Crippen LogP) is 3.21. The second-order valence-corrected chi connectivity index (χ2v) is 6.75. The van der Waals surface area contributed by atoms with Crippen molar-refractivity contribution in [3.8, 4) is 0 Å². The van der Waals surface area contributed by atoms with Gasteiger partial charge in [-0.3, -0.25) is 9.20 Å². The van der Waals surface area contributed by atoms with Crippen LogP contribution < -0.4 is 5.73 Å². The van der Waals surface area contributed by atoms with E-state index in [4.69, 9.17) is 5.73 Å². The summed E-state index contributed by atoms with van der Waals surface area (Å²) in [6.07, 6.45) is -2.15. The monoisotopic (exact) mass is 419 g/mol. The Morgan fingerprint density at radius 1 is 1.48 bits per heavy atom. The van der Waals surface area contributed by atoms with Gasteiger partial charge in [0, 0.05) is 25.4 Å². The molecule has 1 aliphatic heterocycles. The van der Waals surface area contributed by atoms with Gasteiger partial charge < -0.3 is 10.6 Å². The minimum absolute atomic E-state index is 0.0122. The Morgan fingerprint density at radius 3 is 2.84 bits per heavy atom. The van der Waals surface area contributed by atoms with Crippen LogP contribution in [0, 0.1) is 0 Å². The molecule has 0 saturated carbocycles. The maximum absolute atomic E-state index is 13.5. The Balaban J connectivity index is 2.13. The number of alkyl halides is 3. The van der Waals surface area contributed by atoms with Gasteiger partial charge in [0.2, 0.25) is 5.91 Å². The molecule has 3 heterocycles. The van der Waals surface area contributed by atoms with Crippen molar-refractivity contribution in [3.63, 3.8) is 0 Å². The van der Waals surface area contributed by atoms with E-state index in [0.29, 0.717) is 32.4 Å². The van der Waals surface area contributed by atoms with Crippen molar-refractivity contribution in [1.29, 1.82) is 0 Å². The number of hydrogen-bond donors (Lipinski definition) is 1. The normalized spacial score (nSPS) is 18.8. The summed E-state index contributed by atoms with van der Waals surface area (Å²) < 4.78 is 41.6. The molecule has 3 rings (SSSR count). The van der Waals surface area contributed by atoms with Crippen LogP contribution in [0.5, 0.6) is 0 Å². The number of carbonyl (C=O) groups excluding carboxylic acids is 1. The summed E-state index contributed by atoms with van der Waals surface area (Å²) in [5.74, 6) is -0.0966. The number of fused-ring (bicyclic) bond motifs is 1. The van der Waals surface area contributed by atoms with Crippen LogP contribution in [0.15, 0.2) is 10.8 Å². The second-order valence-electron chi connectivity index (χ2n) is 6.00. The van der Waals surface area contributed by atoms with Gasteiger partial charge in [0.1, 0.15) is 21.6 Å². The summed E-state index contributed by atoms with van der Waals surface area (Å²) in [5.41, 5.74) is 4.95. The van der Waals surface area contributed by atoms with Crippen LogP contribution in [-0.4, -0.2) is 38.3 Å². The largest absolute Gasteiger partial charge is 0.433 e. The highest BCUT2D eigenvalue weighted by atomic mass is 79.9. The Labute approximate surface area is 150 Å². The van der Waals surface area contributed by atoms with Gasteiger partial charge in [-0.15, -0.1) is 0 Å². The van der Waals surface area contributed by atoms with Crippen molar-refractivity contribution in [1.82, 2.24) is 19.3 Å². The lowest BCUT2D eigenvalue weighted by Gasteiger charge is -2.32. The standard InChI is InChI=1S/C15H17BrF3N5O/c1-2-10(25)23-5-3-4-8(7-23)14-22-12(16)11-13(20)21-6-9(24(11)14)15(17,18)19/h6,8H,2-5,7H2,1H3,(H2,20,21)/t8-/m1/s1. The first-order chi connectivity index (χ1) is 11.7. The molecule has 6 nitrogen and oxygen atoms in total. The number of halogens is 4. The van der Waals surface area contributed by atoms with Gasteiger partial charge in [0.05, 0.1) is 6.20 Å². The topological polar surface area (TPSA) is 76.5 Å². The molecule has 2 N–H and O–H groups in total. The third-order valence-corrected chi connectivity index (χ3v) is 4.96. The number of imidazole rings is 1. The highest BCUT2D eigenvalue weighted by Crippen LogP contribution is 2.37. The molecule has 1 fully saturated rings. The van der Waals surface area contributed by atoms with Crippen molar-refractivity contribution in [2.75, 3.05) is 18.8 Å². The third-order valence-electron chi connectivity index (χ3n) is 4.40. The Bertz CT molecular complexity index is 820. The first kappa shape index (κ1) is 18.0. The molecule has 136 valence electrons.